The molecular formula is C19H15BrO2S. The van der Waals surface area contributed by atoms with Gasteiger partial charge in [0.2, 0.25) is 5.79 Å². The number of rotatable bonds is 3. The molecule has 0 unspecified atom stereocenters. The first-order valence-electron chi connectivity index (χ1n) is 7.46. The lowest BCUT2D eigenvalue weighted by molar-refractivity contribution is -0.127. The SMILES string of the molecule is Brc1ccc(C2(c3cc(-c4ccccc4)cs3)OCCO2)cc1. The van der Waals surface area contributed by atoms with E-state index in [0.29, 0.717) is 13.2 Å². The van der Waals surface area contributed by atoms with Crippen molar-refractivity contribution < 1.29 is 9.47 Å². The van der Waals surface area contributed by atoms with Gasteiger partial charge in [0.1, 0.15) is 0 Å². The van der Waals surface area contributed by atoms with E-state index in [1.165, 1.54) is 11.1 Å². The van der Waals surface area contributed by atoms with E-state index in [2.05, 4.69) is 63.8 Å². The van der Waals surface area contributed by atoms with Crippen molar-refractivity contribution in [2.45, 2.75) is 5.79 Å². The zero-order chi connectivity index (χ0) is 15.7. The summed E-state index contributed by atoms with van der Waals surface area (Å²) >= 11 is 5.16. The minimum Gasteiger partial charge on any atom is -0.339 e. The number of hydrogen-bond donors (Lipinski definition) is 0. The fourth-order valence-corrected chi connectivity index (χ4v) is 4.13. The zero-order valence-corrected chi connectivity index (χ0v) is 14.8. The minimum absolute atomic E-state index is 0.606. The summed E-state index contributed by atoms with van der Waals surface area (Å²) in [5.41, 5.74) is 3.43. The number of halogens is 1. The van der Waals surface area contributed by atoms with Crippen molar-refractivity contribution in [2.75, 3.05) is 13.2 Å². The highest BCUT2D eigenvalue weighted by Crippen LogP contribution is 2.43. The second-order valence-corrected chi connectivity index (χ2v) is 7.21. The van der Waals surface area contributed by atoms with E-state index in [4.69, 9.17) is 9.47 Å². The Bertz CT molecular complexity index is 790. The van der Waals surface area contributed by atoms with Crippen molar-refractivity contribution in [3.05, 3.63) is 81.0 Å². The van der Waals surface area contributed by atoms with E-state index in [-0.39, 0.29) is 0 Å². The van der Waals surface area contributed by atoms with Gasteiger partial charge < -0.3 is 9.47 Å². The summed E-state index contributed by atoms with van der Waals surface area (Å²) in [6.07, 6.45) is 0. The van der Waals surface area contributed by atoms with Gasteiger partial charge >= 0.3 is 0 Å². The summed E-state index contributed by atoms with van der Waals surface area (Å²) in [4.78, 5) is 1.08. The smallest absolute Gasteiger partial charge is 0.232 e. The highest BCUT2D eigenvalue weighted by atomic mass is 79.9. The molecule has 0 radical (unpaired) electrons. The molecule has 1 aliphatic rings. The summed E-state index contributed by atoms with van der Waals surface area (Å²) in [6, 6.07) is 20.7. The van der Waals surface area contributed by atoms with Gasteiger partial charge in [0.25, 0.3) is 0 Å². The van der Waals surface area contributed by atoms with Crippen molar-refractivity contribution in [1.29, 1.82) is 0 Å². The van der Waals surface area contributed by atoms with Gasteiger partial charge in [-0.1, -0.05) is 58.4 Å². The molecule has 0 amide bonds. The van der Waals surface area contributed by atoms with Crippen molar-refractivity contribution in [3.63, 3.8) is 0 Å². The molecular weight excluding hydrogens is 372 g/mol. The molecule has 0 aliphatic carbocycles. The van der Waals surface area contributed by atoms with Crippen molar-refractivity contribution >= 4 is 27.3 Å². The Hall–Kier alpha value is -1.46. The molecule has 0 bridgehead atoms. The molecule has 2 nitrogen and oxygen atoms in total. The largest absolute Gasteiger partial charge is 0.339 e. The van der Waals surface area contributed by atoms with Crippen LogP contribution < -0.4 is 0 Å². The van der Waals surface area contributed by atoms with Crippen LogP contribution in [0.15, 0.2) is 70.5 Å². The molecule has 0 spiro atoms. The highest BCUT2D eigenvalue weighted by Gasteiger charge is 2.42. The summed E-state index contributed by atoms with van der Waals surface area (Å²) in [6.45, 7) is 1.21. The molecule has 0 N–H and O–H groups in total. The van der Waals surface area contributed by atoms with Gasteiger partial charge in [-0.25, -0.2) is 0 Å². The van der Waals surface area contributed by atoms with Gasteiger partial charge in [0.15, 0.2) is 0 Å². The summed E-state index contributed by atoms with van der Waals surface area (Å²) < 4.78 is 13.2. The molecule has 0 atom stereocenters. The van der Waals surface area contributed by atoms with Crippen LogP contribution in [0.5, 0.6) is 0 Å². The van der Waals surface area contributed by atoms with E-state index in [1.54, 1.807) is 11.3 Å². The third-order valence-corrected chi connectivity index (χ3v) is 5.49. The normalized spacial score (nSPS) is 16.6. The summed E-state index contributed by atoms with van der Waals surface area (Å²) in [7, 11) is 0. The third-order valence-electron chi connectivity index (χ3n) is 3.95. The van der Waals surface area contributed by atoms with Crippen LogP contribution in [0.1, 0.15) is 10.4 Å². The van der Waals surface area contributed by atoms with Gasteiger partial charge in [-0.3, -0.25) is 0 Å². The molecule has 1 fully saturated rings. The molecule has 23 heavy (non-hydrogen) atoms. The molecule has 2 heterocycles. The molecule has 4 rings (SSSR count). The fourth-order valence-electron chi connectivity index (χ4n) is 2.82. The van der Waals surface area contributed by atoms with Crippen LogP contribution in [0.2, 0.25) is 0 Å². The van der Waals surface area contributed by atoms with Gasteiger partial charge in [-0.2, -0.15) is 0 Å². The topological polar surface area (TPSA) is 18.5 Å². The maximum Gasteiger partial charge on any atom is 0.232 e. The number of hydrogen-bond acceptors (Lipinski definition) is 3. The van der Waals surface area contributed by atoms with E-state index in [0.717, 1.165) is 14.9 Å². The predicted octanol–water partition coefficient (Wildman–Crippen LogP) is 5.43. The molecule has 4 heteroatoms. The third kappa shape index (κ3) is 2.76. The maximum atomic E-state index is 6.07. The average molecular weight is 387 g/mol. The average Bonchev–Trinajstić information content (AvgIpc) is 3.26. The maximum absolute atomic E-state index is 6.07. The second-order valence-electron chi connectivity index (χ2n) is 5.39. The summed E-state index contributed by atoms with van der Waals surface area (Å²) in [5.74, 6) is -0.779. The van der Waals surface area contributed by atoms with E-state index in [1.807, 2.05) is 18.2 Å². The van der Waals surface area contributed by atoms with E-state index in [9.17, 15) is 0 Å². The number of thiophene rings is 1. The quantitative estimate of drug-likeness (QED) is 0.597. The Morgan fingerprint density at radius 1 is 0.870 bits per heavy atom. The summed E-state index contributed by atoms with van der Waals surface area (Å²) in [5, 5.41) is 2.16. The Kier molecular flexibility index (Phi) is 4.07. The number of benzene rings is 2. The van der Waals surface area contributed by atoms with E-state index >= 15 is 0 Å². The van der Waals surface area contributed by atoms with Crippen LogP contribution in [0, 0.1) is 0 Å². The van der Waals surface area contributed by atoms with Gasteiger partial charge in [0.05, 0.1) is 18.1 Å². The Morgan fingerprint density at radius 2 is 1.57 bits per heavy atom. The van der Waals surface area contributed by atoms with Crippen LogP contribution in [0.3, 0.4) is 0 Å². The first kappa shape index (κ1) is 15.1. The van der Waals surface area contributed by atoms with E-state index < -0.39 is 5.79 Å². The van der Waals surface area contributed by atoms with Crippen LogP contribution in [-0.4, -0.2) is 13.2 Å². The molecule has 1 aromatic heterocycles. The predicted molar refractivity (Wildman–Crippen MR) is 96.6 cm³/mol. The standard InChI is InChI=1S/C19H15BrO2S/c20-17-8-6-16(7-9-17)19(21-10-11-22-19)18-12-15(13-23-18)14-4-2-1-3-5-14/h1-9,12-13H,10-11H2. The lowest BCUT2D eigenvalue weighted by Crippen LogP contribution is -2.27. The second kappa shape index (κ2) is 6.21. The fraction of sp³-hybridized carbons (Fsp3) is 0.158. The molecule has 3 aromatic rings. The Morgan fingerprint density at radius 3 is 2.26 bits per heavy atom. The number of ether oxygens (including phenoxy) is 2. The minimum atomic E-state index is -0.779. The molecule has 116 valence electrons. The first-order chi connectivity index (χ1) is 11.3. The first-order valence-corrected chi connectivity index (χ1v) is 9.14. The van der Waals surface area contributed by atoms with Crippen LogP contribution in [0.4, 0.5) is 0 Å². The lowest BCUT2D eigenvalue weighted by Gasteiger charge is -2.26. The molecule has 1 aliphatic heterocycles. The zero-order valence-electron chi connectivity index (χ0n) is 12.4. The monoisotopic (exact) mass is 386 g/mol. The lowest BCUT2D eigenvalue weighted by atomic mass is 10.0. The van der Waals surface area contributed by atoms with Gasteiger partial charge in [-0.15, -0.1) is 11.3 Å². The van der Waals surface area contributed by atoms with Crippen LogP contribution in [0.25, 0.3) is 11.1 Å². The van der Waals surface area contributed by atoms with Crippen LogP contribution >= 0.6 is 27.3 Å². The van der Waals surface area contributed by atoms with Crippen molar-refractivity contribution in [2.24, 2.45) is 0 Å². The Balaban J connectivity index is 1.77. The van der Waals surface area contributed by atoms with Crippen molar-refractivity contribution in [1.82, 2.24) is 0 Å². The molecule has 2 aromatic carbocycles. The highest BCUT2D eigenvalue weighted by molar-refractivity contribution is 9.10. The van der Waals surface area contributed by atoms with Crippen LogP contribution in [-0.2, 0) is 15.3 Å². The van der Waals surface area contributed by atoms with Gasteiger partial charge in [-0.05, 0) is 34.7 Å². The van der Waals surface area contributed by atoms with Crippen molar-refractivity contribution in [3.8, 4) is 11.1 Å². The molecule has 0 saturated carbocycles. The Labute approximate surface area is 147 Å². The molecule has 1 saturated heterocycles. The van der Waals surface area contributed by atoms with Gasteiger partial charge in [0, 0.05) is 10.0 Å².